The van der Waals surface area contributed by atoms with E-state index in [9.17, 15) is 18.0 Å². The van der Waals surface area contributed by atoms with Gasteiger partial charge in [-0.15, -0.1) is 0 Å². The maximum Gasteiger partial charge on any atom is 0.261 e. The van der Waals surface area contributed by atoms with Crippen LogP contribution in [0.1, 0.15) is 40.9 Å². The van der Waals surface area contributed by atoms with Crippen LogP contribution in [0.25, 0.3) is 0 Å². The minimum atomic E-state index is -3.18. The molecule has 23 heavy (non-hydrogen) atoms. The highest BCUT2D eigenvalue weighted by Gasteiger charge is 2.27. The lowest BCUT2D eigenvalue weighted by Crippen LogP contribution is -2.47. The van der Waals surface area contributed by atoms with E-state index in [1.807, 2.05) is 0 Å². The van der Waals surface area contributed by atoms with Crippen molar-refractivity contribution in [1.82, 2.24) is 14.6 Å². The second-order valence-corrected chi connectivity index (χ2v) is 8.26. The fraction of sp³-hybridized carbons (Fsp3) is 0.600. The highest BCUT2D eigenvalue weighted by atomic mass is 32.2. The number of carbonyl (C=O) groups excluding carboxylic acids is 1. The number of aryl methyl sites for hydroxylation is 2. The van der Waals surface area contributed by atoms with Crippen molar-refractivity contribution in [2.24, 2.45) is 0 Å². The van der Waals surface area contributed by atoms with E-state index in [1.165, 1.54) is 10.6 Å². The van der Waals surface area contributed by atoms with Crippen LogP contribution in [0, 0.1) is 0 Å². The van der Waals surface area contributed by atoms with Crippen LogP contribution >= 0.6 is 0 Å². The molecule has 1 aromatic rings. The molecule has 2 aliphatic rings. The zero-order valence-corrected chi connectivity index (χ0v) is 13.9. The third-order valence-electron chi connectivity index (χ3n) is 4.59. The first-order valence-electron chi connectivity index (χ1n) is 7.85. The molecule has 0 atom stereocenters. The number of fused-ring (bicyclic) bond motifs is 1. The monoisotopic (exact) mass is 339 g/mol. The topological polar surface area (TPSA) is 99.3 Å². The number of piperidine rings is 1. The predicted molar refractivity (Wildman–Crippen MR) is 86.0 cm³/mol. The molecule has 0 spiro atoms. The van der Waals surface area contributed by atoms with E-state index >= 15 is 0 Å². The number of sulfonamides is 1. The third kappa shape index (κ3) is 3.48. The lowest BCUT2D eigenvalue weighted by atomic mass is 10.1. The van der Waals surface area contributed by atoms with Gasteiger partial charge in [0, 0.05) is 24.8 Å². The normalized spacial score (nSPS) is 19.5. The van der Waals surface area contributed by atoms with Crippen LogP contribution in [0.5, 0.6) is 0 Å². The van der Waals surface area contributed by atoms with Gasteiger partial charge in [0.15, 0.2) is 0 Å². The zero-order chi connectivity index (χ0) is 16.6. The molecule has 0 radical (unpaired) electrons. The van der Waals surface area contributed by atoms with Gasteiger partial charge >= 0.3 is 0 Å². The van der Waals surface area contributed by atoms with Gasteiger partial charge in [-0.2, -0.15) is 0 Å². The number of H-pyrrole nitrogens is 1. The van der Waals surface area contributed by atoms with Crippen LogP contribution in [0.3, 0.4) is 0 Å². The van der Waals surface area contributed by atoms with Gasteiger partial charge in [-0.3, -0.25) is 9.59 Å². The van der Waals surface area contributed by atoms with Crippen molar-refractivity contribution in [3.05, 3.63) is 33.2 Å². The summed E-state index contributed by atoms with van der Waals surface area (Å²) in [6.45, 7) is 0.786. The molecule has 0 aromatic carbocycles. The smallest absolute Gasteiger partial charge is 0.261 e. The summed E-state index contributed by atoms with van der Waals surface area (Å²) in [6.07, 6.45) is 5.05. The summed E-state index contributed by atoms with van der Waals surface area (Å²) in [5.74, 6) is -0.376. The van der Waals surface area contributed by atoms with Gasteiger partial charge in [0.25, 0.3) is 11.5 Å². The van der Waals surface area contributed by atoms with Crippen LogP contribution in [0.2, 0.25) is 0 Å². The Bertz CT molecular complexity index is 776. The molecule has 3 rings (SSSR count). The predicted octanol–water partition coefficient (Wildman–Crippen LogP) is 0.0174. The molecular formula is C15H21N3O4S. The van der Waals surface area contributed by atoms with E-state index in [0.717, 1.165) is 30.5 Å². The summed E-state index contributed by atoms with van der Waals surface area (Å²) in [7, 11) is -3.18. The largest absolute Gasteiger partial charge is 0.349 e. The van der Waals surface area contributed by atoms with E-state index in [-0.39, 0.29) is 23.1 Å². The van der Waals surface area contributed by atoms with Crippen molar-refractivity contribution >= 4 is 15.9 Å². The number of hydrogen-bond acceptors (Lipinski definition) is 4. The Morgan fingerprint density at radius 1 is 1.30 bits per heavy atom. The molecule has 1 fully saturated rings. The lowest BCUT2D eigenvalue weighted by Gasteiger charge is -2.30. The Morgan fingerprint density at radius 3 is 2.65 bits per heavy atom. The average Bonchev–Trinajstić information content (AvgIpc) is 2.93. The molecule has 0 saturated carbocycles. The van der Waals surface area contributed by atoms with Gasteiger partial charge in [-0.1, -0.05) is 0 Å². The number of aromatic nitrogens is 1. The molecular weight excluding hydrogens is 318 g/mol. The van der Waals surface area contributed by atoms with Crippen LogP contribution < -0.4 is 10.9 Å². The Morgan fingerprint density at radius 2 is 2.00 bits per heavy atom. The number of hydrogen-bond donors (Lipinski definition) is 2. The van der Waals surface area contributed by atoms with Gasteiger partial charge < -0.3 is 10.3 Å². The fourth-order valence-electron chi connectivity index (χ4n) is 3.28. The maximum atomic E-state index is 12.3. The molecule has 2 heterocycles. The summed E-state index contributed by atoms with van der Waals surface area (Å²) in [6, 6.07) is 1.59. The van der Waals surface area contributed by atoms with Crippen molar-refractivity contribution in [3.8, 4) is 0 Å². The minimum Gasteiger partial charge on any atom is -0.349 e. The van der Waals surface area contributed by atoms with Crippen LogP contribution in [0.4, 0.5) is 0 Å². The summed E-state index contributed by atoms with van der Waals surface area (Å²) in [5.41, 5.74) is 1.78. The molecule has 1 aliphatic heterocycles. The van der Waals surface area contributed by atoms with Gasteiger partial charge in [-0.25, -0.2) is 12.7 Å². The molecule has 1 aromatic heterocycles. The van der Waals surface area contributed by atoms with Gasteiger partial charge in [-0.05, 0) is 43.7 Å². The second kappa shape index (κ2) is 6.09. The molecule has 0 unspecified atom stereocenters. The summed E-state index contributed by atoms with van der Waals surface area (Å²) in [4.78, 5) is 27.2. The summed E-state index contributed by atoms with van der Waals surface area (Å²) in [5, 5.41) is 2.86. The van der Waals surface area contributed by atoms with Crippen LogP contribution in [-0.2, 0) is 22.9 Å². The fourth-order valence-corrected chi connectivity index (χ4v) is 4.15. The van der Waals surface area contributed by atoms with E-state index in [2.05, 4.69) is 10.3 Å². The summed E-state index contributed by atoms with van der Waals surface area (Å²) >= 11 is 0. The van der Waals surface area contributed by atoms with Crippen LogP contribution in [-0.4, -0.2) is 49.0 Å². The Labute approximate surface area is 135 Å². The Kier molecular flexibility index (Phi) is 4.29. The Hall–Kier alpha value is -1.67. The molecule has 0 bridgehead atoms. The quantitative estimate of drug-likeness (QED) is 0.811. The minimum absolute atomic E-state index is 0.104. The first kappa shape index (κ1) is 16.2. The van der Waals surface area contributed by atoms with E-state index in [0.29, 0.717) is 25.9 Å². The molecule has 1 aliphatic carbocycles. The maximum absolute atomic E-state index is 12.3. The van der Waals surface area contributed by atoms with Crippen molar-refractivity contribution in [2.75, 3.05) is 19.3 Å². The number of rotatable bonds is 3. The standard InChI is InChI=1S/C15H21N3O4S/c1-23(21,22)18-7-5-11(6-8-18)16-14(19)12-9-10-3-2-4-13(10)17-15(12)20/h9,11H,2-8H2,1H3,(H,16,19)(H,17,20). The average molecular weight is 339 g/mol. The SMILES string of the molecule is CS(=O)(=O)N1CCC(NC(=O)c2cc3c([nH]c2=O)CCC3)CC1. The zero-order valence-electron chi connectivity index (χ0n) is 13.1. The van der Waals surface area contributed by atoms with Crippen molar-refractivity contribution < 1.29 is 13.2 Å². The number of nitrogens with zero attached hydrogens (tertiary/aromatic N) is 1. The van der Waals surface area contributed by atoms with E-state index in [1.54, 1.807) is 6.07 Å². The second-order valence-electron chi connectivity index (χ2n) is 6.28. The molecule has 1 amide bonds. The van der Waals surface area contributed by atoms with E-state index in [4.69, 9.17) is 0 Å². The number of amides is 1. The number of aromatic amines is 1. The highest BCUT2D eigenvalue weighted by molar-refractivity contribution is 7.88. The number of carbonyl (C=O) groups is 1. The van der Waals surface area contributed by atoms with Gasteiger partial charge in [0.05, 0.1) is 6.26 Å². The van der Waals surface area contributed by atoms with Gasteiger partial charge in [0.1, 0.15) is 5.56 Å². The van der Waals surface area contributed by atoms with Crippen molar-refractivity contribution in [1.29, 1.82) is 0 Å². The number of pyridine rings is 1. The van der Waals surface area contributed by atoms with Gasteiger partial charge in [0.2, 0.25) is 10.0 Å². The molecule has 126 valence electrons. The number of nitrogens with one attached hydrogen (secondary N) is 2. The van der Waals surface area contributed by atoms with Crippen molar-refractivity contribution in [2.45, 2.75) is 38.1 Å². The molecule has 8 heteroatoms. The van der Waals surface area contributed by atoms with E-state index < -0.39 is 10.0 Å². The lowest BCUT2D eigenvalue weighted by molar-refractivity contribution is 0.0922. The molecule has 1 saturated heterocycles. The highest BCUT2D eigenvalue weighted by Crippen LogP contribution is 2.19. The molecule has 2 N–H and O–H groups in total. The first-order valence-corrected chi connectivity index (χ1v) is 9.70. The van der Waals surface area contributed by atoms with Crippen LogP contribution in [0.15, 0.2) is 10.9 Å². The van der Waals surface area contributed by atoms with Crippen molar-refractivity contribution in [3.63, 3.8) is 0 Å². The third-order valence-corrected chi connectivity index (χ3v) is 5.89. The first-order chi connectivity index (χ1) is 10.8. The Balaban J connectivity index is 1.66. The summed E-state index contributed by atoms with van der Waals surface area (Å²) < 4.78 is 24.4. The molecule has 7 nitrogen and oxygen atoms in total.